The van der Waals surface area contributed by atoms with Crippen molar-refractivity contribution in [1.82, 2.24) is 5.32 Å². The van der Waals surface area contributed by atoms with Crippen LogP contribution in [0.1, 0.15) is 26.7 Å². The Labute approximate surface area is 90.9 Å². The summed E-state index contributed by atoms with van der Waals surface area (Å²) < 4.78 is 5.61. The highest BCUT2D eigenvalue weighted by Gasteiger charge is 2.27. The number of carbonyl (C=O) groups is 1. The van der Waals surface area contributed by atoms with Gasteiger partial charge in [-0.15, -0.1) is 0 Å². The van der Waals surface area contributed by atoms with Crippen LogP contribution >= 0.6 is 0 Å². The minimum Gasteiger partial charge on any atom is -0.375 e. The lowest BCUT2D eigenvalue weighted by molar-refractivity contribution is -0.113. The van der Waals surface area contributed by atoms with Crippen LogP contribution in [0.2, 0.25) is 0 Å². The van der Waals surface area contributed by atoms with Crippen LogP contribution in [-0.4, -0.2) is 30.7 Å². The van der Waals surface area contributed by atoms with Gasteiger partial charge >= 0.3 is 0 Å². The second-order valence-corrected chi connectivity index (χ2v) is 4.51. The highest BCUT2D eigenvalue weighted by atomic mass is 16.5. The van der Waals surface area contributed by atoms with E-state index < -0.39 is 5.91 Å². The molecule has 1 aliphatic rings. The van der Waals surface area contributed by atoms with E-state index in [0.717, 1.165) is 19.4 Å². The van der Waals surface area contributed by atoms with Crippen molar-refractivity contribution in [2.24, 2.45) is 5.73 Å². The van der Waals surface area contributed by atoms with Crippen LogP contribution in [0.25, 0.3) is 0 Å². The van der Waals surface area contributed by atoms with Crippen LogP contribution in [0.5, 0.6) is 0 Å². The summed E-state index contributed by atoms with van der Waals surface area (Å²) in [5.74, 6) is -0.399. The minimum absolute atomic E-state index is 0.0384. The second-order valence-electron chi connectivity index (χ2n) is 4.51. The maximum Gasteiger partial charge on any atom is 0.241 e. The third-order valence-electron chi connectivity index (χ3n) is 2.50. The molecule has 1 fully saturated rings. The van der Waals surface area contributed by atoms with E-state index >= 15 is 0 Å². The molecule has 1 aliphatic heterocycles. The number of hydrogen-bond donors (Lipinski definition) is 2. The lowest BCUT2D eigenvalue weighted by Gasteiger charge is -2.35. The molecule has 0 aromatic rings. The Morgan fingerprint density at radius 3 is 3.00 bits per heavy atom. The molecule has 1 rings (SSSR count). The van der Waals surface area contributed by atoms with E-state index in [4.69, 9.17) is 10.5 Å². The molecule has 0 aromatic heterocycles. The molecule has 4 nitrogen and oxygen atoms in total. The summed E-state index contributed by atoms with van der Waals surface area (Å²) in [6, 6.07) is 0.464. The molecular formula is C11H20N2O2. The predicted octanol–water partition coefficient (Wildman–Crippen LogP) is 0.575. The maximum atomic E-state index is 10.4. The van der Waals surface area contributed by atoms with Gasteiger partial charge in [-0.1, -0.05) is 6.08 Å². The average molecular weight is 212 g/mol. The number of amides is 1. The van der Waals surface area contributed by atoms with Crippen LogP contribution in [-0.2, 0) is 9.53 Å². The van der Waals surface area contributed by atoms with Gasteiger partial charge in [-0.25, -0.2) is 0 Å². The molecule has 0 aromatic carbocycles. The quantitative estimate of drug-likeness (QED) is 0.670. The summed E-state index contributed by atoms with van der Waals surface area (Å²) in [7, 11) is 0. The van der Waals surface area contributed by atoms with E-state index in [2.05, 4.69) is 19.2 Å². The summed E-state index contributed by atoms with van der Waals surface area (Å²) in [4.78, 5) is 10.4. The minimum atomic E-state index is -0.399. The molecule has 0 spiro atoms. The van der Waals surface area contributed by atoms with E-state index in [9.17, 15) is 4.79 Å². The van der Waals surface area contributed by atoms with Crippen LogP contribution in [0.3, 0.4) is 0 Å². The average Bonchev–Trinajstić information content (AvgIpc) is 2.10. The second kappa shape index (κ2) is 5.28. The van der Waals surface area contributed by atoms with Gasteiger partial charge in [-0.2, -0.15) is 0 Å². The van der Waals surface area contributed by atoms with Gasteiger partial charge < -0.3 is 15.8 Å². The normalized spacial score (nSPS) is 25.6. The first-order chi connectivity index (χ1) is 6.99. The Morgan fingerprint density at radius 2 is 2.40 bits per heavy atom. The molecule has 1 heterocycles. The maximum absolute atomic E-state index is 10.4. The Morgan fingerprint density at radius 1 is 1.67 bits per heavy atom. The molecule has 0 aliphatic carbocycles. The Balaban J connectivity index is 2.24. The van der Waals surface area contributed by atoms with Gasteiger partial charge in [0.25, 0.3) is 0 Å². The van der Waals surface area contributed by atoms with E-state index in [1.54, 1.807) is 6.08 Å². The lowest BCUT2D eigenvalue weighted by Crippen LogP contribution is -2.43. The van der Waals surface area contributed by atoms with Gasteiger partial charge in [0.05, 0.1) is 5.60 Å². The summed E-state index contributed by atoms with van der Waals surface area (Å²) in [6.45, 7) is 5.67. The number of carbonyl (C=O) groups excluding carboxylic acids is 1. The molecule has 1 atom stereocenters. The van der Waals surface area contributed by atoms with Crippen LogP contribution in [0.15, 0.2) is 12.2 Å². The van der Waals surface area contributed by atoms with E-state index in [0.29, 0.717) is 12.6 Å². The van der Waals surface area contributed by atoms with Gasteiger partial charge in [0.15, 0.2) is 0 Å². The van der Waals surface area contributed by atoms with Crippen molar-refractivity contribution in [2.75, 3.05) is 13.2 Å². The standard InChI is InChI=1S/C11H20N2O2/c1-11(2)8-9(5-7-15-11)13-6-3-4-10(12)14/h3-4,9,13H,5-8H2,1-2H3,(H2,12,14). The van der Waals surface area contributed by atoms with Crippen molar-refractivity contribution >= 4 is 5.91 Å². The monoisotopic (exact) mass is 212 g/mol. The topological polar surface area (TPSA) is 64.3 Å². The Hall–Kier alpha value is -0.870. The molecule has 1 unspecified atom stereocenters. The van der Waals surface area contributed by atoms with Crippen molar-refractivity contribution in [3.63, 3.8) is 0 Å². The fourth-order valence-electron chi connectivity index (χ4n) is 1.82. The van der Waals surface area contributed by atoms with Crippen LogP contribution < -0.4 is 11.1 Å². The smallest absolute Gasteiger partial charge is 0.241 e. The molecule has 86 valence electrons. The van der Waals surface area contributed by atoms with Crippen molar-refractivity contribution in [3.05, 3.63) is 12.2 Å². The largest absolute Gasteiger partial charge is 0.375 e. The zero-order chi connectivity index (χ0) is 11.3. The van der Waals surface area contributed by atoms with Gasteiger partial charge in [-0.05, 0) is 32.8 Å². The molecule has 0 bridgehead atoms. The number of primary amides is 1. The Kier molecular flexibility index (Phi) is 4.29. The van der Waals surface area contributed by atoms with Crippen molar-refractivity contribution in [3.8, 4) is 0 Å². The molecule has 3 N–H and O–H groups in total. The first-order valence-corrected chi connectivity index (χ1v) is 5.33. The van der Waals surface area contributed by atoms with E-state index in [-0.39, 0.29) is 5.60 Å². The molecular weight excluding hydrogens is 192 g/mol. The first kappa shape index (κ1) is 12.2. The van der Waals surface area contributed by atoms with E-state index in [1.807, 2.05) is 0 Å². The summed E-state index contributed by atoms with van der Waals surface area (Å²) in [6.07, 6.45) is 5.16. The zero-order valence-electron chi connectivity index (χ0n) is 9.45. The highest BCUT2D eigenvalue weighted by molar-refractivity contribution is 5.85. The zero-order valence-corrected chi connectivity index (χ0v) is 9.45. The number of hydrogen-bond acceptors (Lipinski definition) is 3. The number of rotatable bonds is 4. The van der Waals surface area contributed by atoms with Crippen molar-refractivity contribution in [2.45, 2.75) is 38.3 Å². The van der Waals surface area contributed by atoms with E-state index in [1.165, 1.54) is 6.08 Å². The Bertz CT molecular complexity index is 249. The summed E-state index contributed by atoms with van der Waals surface area (Å²) >= 11 is 0. The molecule has 0 saturated carbocycles. The summed E-state index contributed by atoms with van der Waals surface area (Å²) in [5, 5.41) is 3.36. The third-order valence-corrected chi connectivity index (χ3v) is 2.50. The number of nitrogens with one attached hydrogen (secondary N) is 1. The third kappa shape index (κ3) is 4.95. The molecule has 1 amide bonds. The number of nitrogens with two attached hydrogens (primary N) is 1. The van der Waals surface area contributed by atoms with Gasteiger partial charge in [0, 0.05) is 19.2 Å². The molecule has 4 heteroatoms. The van der Waals surface area contributed by atoms with Crippen LogP contribution in [0, 0.1) is 0 Å². The highest BCUT2D eigenvalue weighted by Crippen LogP contribution is 2.23. The first-order valence-electron chi connectivity index (χ1n) is 5.33. The molecule has 0 radical (unpaired) electrons. The fourth-order valence-corrected chi connectivity index (χ4v) is 1.82. The van der Waals surface area contributed by atoms with Gasteiger partial charge in [0.1, 0.15) is 0 Å². The molecule has 1 saturated heterocycles. The fraction of sp³-hybridized carbons (Fsp3) is 0.727. The van der Waals surface area contributed by atoms with Gasteiger partial charge in [-0.3, -0.25) is 4.79 Å². The van der Waals surface area contributed by atoms with Crippen molar-refractivity contribution < 1.29 is 9.53 Å². The van der Waals surface area contributed by atoms with Crippen molar-refractivity contribution in [1.29, 1.82) is 0 Å². The van der Waals surface area contributed by atoms with Gasteiger partial charge in [0.2, 0.25) is 5.91 Å². The predicted molar refractivity (Wildman–Crippen MR) is 59.4 cm³/mol. The summed E-state index contributed by atoms with van der Waals surface area (Å²) in [5.41, 5.74) is 4.94. The lowest BCUT2D eigenvalue weighted by atomic mass is 9.94. The van der Waals surface area contributed by atoms with Crippen LogP contribution in [0.4, 0.5) is 0 Å². The SMILES string of the molecule is CC1(C)CC(NCC=CC(N)=O)CCO1. The molecule has 15 heavy (non-hydrogen) atoms. The number of ether oxygens (including phenoxy) is 1.